The van der Waals surface area contributed by atoms with Crippen LogP contribution < -0.4 is 0 Å². The monoisotopic (exact) mass is 448 g/mol. The lowest BCUT2D eigenvalue weighted by Gasteiger charge is -2.32. The third-order valence-electron chi connectivity index (χ3n) is 6.72. The van der Waals surface area contributed by atoms with Gasteiger partial charge in [0.15, 0.2) is 5.65 Å². The Morgan fingerprint density at radius 2 is 1.84 bits per heavy atom. The molecular weight excluding hydrogens is 424 g/mol. The molecule has 2 aromatic heterocycles. The fraction of sp³-hybridized carbons (Fsp3) is 0.478. The molecule has 0 radical (unpaired) electrons. The molecule has 0 bridgehead atoms. The standard InChI is InChI=1S/C23H24F4N4O/c1-22(32,14-4-6-15(7-5-14)23(25,26)27)13-31-18-8-10-30-9-2-3-17(30)19(18)20-21(31)28-12-16(11-24)29-20/h4-7,12,17,32H,2-3,8-11,13H2,1H3. The first kappa shape index (κ1) is 21.3. The molecule has 5 nitrogen and oxygen atoms in total. The van der Waals surface area contributed by atoms with Crippen LogP contribution in [0.2, 0.25) is 0 Å². The number of halogens is 4. The van der Waals surface area contributed by atoms with Gasteiger partial charge in [0.05, 0.1) is 24.0 Å². The van der Waals surface area contributed by atoms with E-state index in [1.165, 1.54) is 18.3 Å². The van der Waals surface area contributed by atoms with Crippen LogP contribution >= 0.6 is 0 Å². The highest BCUT2D eigenvalue weighted by Gasteiger charge is 2.38. The van der Waals surface area contributed by atoms with Crippen molar-refractivity contribution in [3.63, 3.8) is 0 Å². The van der Waals surface area contributed by atoms with E-state index >= 15 is 0 Å². The second-order valence-corrected chi connectivity index (χ2v) is 8.91. The van der Waals surface area contributed by atoms with Crippen molar-refractivity contribution in [3.8, 4) is 0 Å². The van der Waals surface area contributed by atoms with Crippen molar-refractivity contribution in [1.82, 2.24) is 19.4 Å². The fourth-order valence-electron chi connectivity index (χ4n) is 5.15. The van der Waals surface area contributed by atoms with Gasteiger partial charge in [-0.15, -0.1) is 0 Å². The molecule has 0 amide bonds. The maximum atomic E-state index is 13.3. The van der Waals surface area contributed by atoms with Crippen LogP contribution in [0.15, 0.2) is 30.5 Å². The summed E-state index contributed by atoms with van der Waals surface area (Å²) in [6.07, 6.45) is -0.211. The topological polar surface area (TPSA) is 54.2 Å². The summed E-state index contributed by atoms with van der Waals surface area (Å²) in [5.74, 6) is 0. The van der Waals surface area contributed by atoms with E-state index in [2.05, 4.69) is 14.9 Å². The SMILES string of the molecule is CC(O)(Cn1c2c(c3nc(CF)cnc31)C1CCCN1CC2)c1ccc(C(F)(F)F)cc1. The predicted molar refractivity (Wildman–Crippen MR) is 111 cm³/mol. The molecule has 0 saturated carbocycles. The van der Waals surface area contributed by atoms with Gasteiger partial charge < -0.3 is 9.67 Å². The smallest absolute Gasteiger partial charge is 0.384 e. The lowest BCUT2D eigenvalue weighted by atomic mass is 9.94. The Morgan fingerprint density at radius 1 is 1.12 bits per heavy atom. The predicted octanol–water partition coefficient (Wildman–Crippen LogP) is 4.52. The van der Waals surface area contributed by atoms with E-state index in [-0.39, 0.29) is 18.3 Å². The van der Waals surface area contributed by atoms with Gasteiger partial charge in [-0.1, -0.05) is 12.1 Å². The lowest BCUT2D eigenvalue weighted by Crippen LogP contribution is -2.33. The van der Waals surface area contributed by atoms with Crippen molar-refractivity contribution < 1.29 is 22.7 Å². The zero-order valence-electron chi connectivity index (χ0n) is 17.7. The van der Waals surface area contributed by atoms with Gasteiger partial charge in [-0.25, -0.2) is 14.4 Å². The van der Waals surface area contributed by atoms with Gasteiger partial charge in [0.1, 0.15) is 17.8 Å². The van der Waals surface area contributed by atoms with Gasteiger partial charge >= 0.3 is 6.18 Å². The van der Waals surface area contributed by atoms with E-state index in [0.717, 1.165) is 55.7 Å². The van der Waals surface area contributed by atoms with E-state index in [4.69, 9.17) is 0 Å². The summed E-state index contributed by atoms with van der Waals surface area (Å²) in [6, 6.07) is 4.79. The number of nitrogens with zero attached hydrogens (tertiary/aromatic N) is 4. The minimum atomic E-state index is -4.43. The van der Waals surface area contributed by atoms with E-state index in [1.807, 2.05) is 4.57 Å². The Hall–Kier alpha value is -2.52. The van der Waals surface area contributed by atoms with Gasteiger partial charge in [0, 0.05) is 30.3 Å². The number of aliphatic hydroxyl groups is 1. The molecular formula is C23H24F4N4O. The summed E-state index contributed by atoms with van der Waals surface area (Å²) in [5, 5.41) is 11.3. The molecule has 1 saturated heterocycles. The van der Waals surface area contributed by atoms with Crippen LogP contribution in [0, 0.1) is 0 Å². The van der Waals surface area contributed by atoms with Crippen LogP contribution in [-0.4, -0.2) is 37.6 Å². The molecule has 4 heterocycles. The number of fused-ring (bicyclic) bond motifs is 5. The minimum absolute atomic E-state index is 0.112. The first-order valence-electron chi connectivity index (χ1n) is 10.8. The highest BCUT2D eigenvalue weighted by atomic mass is 19.4. The fourth-order valence-corrected chi connectivity index (χ4v) is 5.15. The number of alkyl halides is 4. The largest absolute Gasteiger partial charge is 0.416 e. The second kappa shape index (κ2) is 7.52. The summed E-state index contributed by atoms with van der Waals surface area (Å²) < 4.78 is 54.1. The molecule has 3 aromatic rings. The Morgan fingerprint density at radius 3 is 2.53 bits per heavy atom. The first-order valence-corrected chi connectivity index (χ1v) is 10.8. The zero-order valence-corrected chi connectivity index (χ0v) is 17.7. The van der Waals surface area contributed by atoms with Crippen LogP contribution in [0.4, 0.5) is 17.6 Å². The zero-order chi connectivity index (χ0) is 22.7. The molecule has 5 rings (SSSR count). The first-order chi connectivity index (χ1) is 15.2. The molecule has 170 valence electrons. The Labute approximate surface area is 182 Å². The van der Waals surface area contributed by atoms with Crippen molar-refractivity contribution in [2.75, 3.05) is 13.1 Å². The van der Waals surface area contributed by atoms with Crippen molar-refractivity contribution in [3.05, 3.63) is 58.5 Å². The van der Waals surface area contributed by atoms with Crippen LogP contribution in [0.25, 0.3) is 11.2 Å². The molecule has 32 heavy (non-hydrogen) atoms. The van der Waals surface area contributed by atoms with Crippen LogP contribution in [0.1, 0.15) is 53.9 Å². The Bertz CT molecular complexity index is 1150. The van der Waals surface area contributed by atoms with E-state index in [1.54, 1.807) is 6.92 Å². The van der Waals surface area contributed by atoms with E-state index < -0.39 is 24.0 Å². The summed E-state index contributed by atoms with van der Waals surface area (Å²) in [7, 11) is 0. The molecule has 2 unspecified atom stereocenters. The molecule has 0 spiro atoms. The maximum absolute atomic E-state index is 13.3. The molecule has 0 aliphatic carbocycles. The Kier molecular flexibility index (Phi) is 5.01. The van der Waals surface area contributed by atoms with E-state index in [0.29, 0.717) is 16.7 Å². The lowest BCUT2D eigenvalue weighted by molar-refractivity contribution is -0.137. The normalized spacial score (nSPS) is 20.9. The van der Waals surface area contributed by atoms with Crippen molar-refractivity contribution in [2.45, 2.75) is 57.2 Å². The van der Waals surface area contributed by atoms with Gasteiger partial charge in [-0.3, -0.25) is 4.90 Å². The van der Waals surface area contributed by atoms with E-state index in [9.17, 15) is 22.7 Å². The van der Waals surface area contributed by atoms with Crippen LogP contribution in [0.5, 0.6) is 0 Å². The molecule has 9 heteroatoms. The number of benzene rings is 1. The number of rotatable bonds is 4. The summed E-state index contributed by atoms with van der Waals surface area (Å²) in [6.45, 7) is 2.88. The quantitative estimate of drug-likeness (QED) is 0.597. The number of aromatic nitrogens is 3. The molecule has 1 aromatic carbocycles. The van der Waals surface area contributed by atoms with Crippen molar-refractivity contribution in [1.29, 1.82) is 0 Å². The van der Waals surface area contributed by atoms with Gasteiger partial charge in [0.25, 0.3) is 0 Å². The molecule has 2 atom stereocenters. The number of hydrogen-bond donors (Lipinski definition) is 1. The molecule has 1 fully saturated rings. The summed E-state index contributed by atoms with van der Waals surface area (Å²) >= 11 is 0. The number of hydrogen-bond acceptors (Lipinski definition) is 4. The summed E-state index contributed by atoms with van der Waals surface area (Å²) in [5.41, 5.74) is 1.77. The third-order valence-corrected chi connectivity index (χ3v) is 6.72. The van der Waals surface area contributed by atoms with Gasteiger partial charge in [-0.05, 0) is 44.0 Å². The van der Waals surface area contributed by atoms with Gasteiger partial charge in [-0.2, -0.15) is 13.2 Å². The van der Waals surface area contributed by atoms with Crippen LogP contribution in [0.3, 0.4) is 0 Å². The molecule has 2 aliphatic rings. The average molecular weight is 448 g/mol. The van der Waals surface area contributed by atoms with Gasteiger partial charge in [0.2, 0.25) is 0 Å². The highest BCUT2D eigenvalue weighted by molar-refractivity contribution is 5.79. The minimum Gasteiger partial charge on any atom is -0.384 e. The molecule has 1 N–H and O–H groups in total. The highest BCUT2D eigenvalue weighted by Crippen LogP contribution is 2.43. The van der Waals surface area contributed by atoms with Crippen LogP contribution in [-0.2, 0) is 31.4 Å². The molecule has 2 aliphatic heterocycles. The second-order valence-electron chi connectivity index (χ2n) is 8.91. The summed E-state index contributed by atoms with van der Waals surface area (Å²) in [4.78, 5) is 11.4. The average Bonchev–Trinajstić information content (AvgIpc) is 3.35. The third kappa shape index (κ3) is 3.47. The maximum Gasteiger partial charge on any atom is 0.416 e. The Balaban J connectivity index is 1.58. The van der Waals surface area contributed by atoms with Crippen molar-refractivity contribution in [2.24, 2.45) is 0 Å². The van der Waals surface area contributed by atoms with Crippen molar-refractivity contribution >= 4 is 11.2 Å².